The molecule has 0 spiro atoms. The lowest BCUT2D eigenvalue weighted by molar-refractivity contribution is -0.140. The summed E-state index contributed by atoms with van der Waals surface area (Å²) < 4.78 is 27.5. The Bertz CT molecular complexity index is 1390. The molecule has 0 saturated carbocycles. The van der Waals surface area contributed by atoms with Gasteiger partial charge >= 0.3 is 0 Å². The van der Waals surface area contributed by atoms with E-state index in [0.717, 1.165) is 32.6 Å². The van der Waals surface area contributed by atoms with Gasteiger partial charge in [-0.25, -0.2) is 8.42 Å². The normalized spacial score (nSPS) is 12.8. The number of nitrogens with one attached hydrogen (secondary N) is 1. The van der Waals surface area contributed by atoms with Crippen LogP contribution < -0.4 is 9.62 Å². The second-order valence-electron chi connectivity index (χ2n) is 9.40. The number of nitrogens with zero attached hydrogens (tertiary/aromatic N) is 2. The van der Waals surface area contributed by atoms with Crippen LogP contribution in [-0.4, -0.2) is 50.0 Å². The summed E-state index contributed by atoms with van der Waals surface area (Å²) in [5.41, 5.74) is 1.86. The third-order valence-corrected chi connectivity index (χ3v) is 8.25. The molecule has 0 aliphatic carbocycles. The second-order valence-corrected chi connectivity index (χ2v) is 12.6. The van der Waals surface area contributed by atoms with Gasteiger partial charge in [-0.2, -0.15) is 0 Å². The van der Waals surface area contributed by atoms with Crippen molar-refractivity contribution in [1.29, 1.82) is 0 Å². The van der Waals surface area contributed by atoms with Gasteiger partial charge in [0.2, 0.25) is 21.8 Å². The molecule has 0 aliphatic rings. The lowest BCUT2D eigenvalue weighted by Crippen LogP contribution is -2.54. The first-order chi connectivity index (χ1) is 18.5. The number of hydrogen-bond acceptors (Lipinski definition) is 4. The number of rotatable bonds is 12. The van der Waals surface area contributed by atoms with Crippen molar-refractivity contribution in [3.8, 4) is 0 Å². The Morgan fingerprint density at radius 2 is 1.62 bits per heavy atom. The van der Waals surface area contributed by atoms with E-state index in [-0.39, 0.29) is 35.6 Å². The number of amides is 2. The zero-order valence-electron chi connectivity index (χ0n) is 22.2. The van der Waals surface area contributed by atoms with E-state index in [9.17, 15) is 18.0 Å². The van der Waals surface area contributed by atoms with E-state index in [4.69, 9.17) is 11.6 Å². The average molecular weight is 635 g/mol. The Morgan fingerprint density at radius 1 is 0.974 bits per heavy atom. The quantitative estimate of drug-likeness (QED) is 0.288. The van der Waals surface area contributed by atoms with Crippen LogP contribution in [-0.2, 0) is 32.6 Å². The van der Waals surface area contributed by atoms with E-state index in [1.807, 2.05) is 68.4 Å². The molecule has 0 heterocycles. The van der Waals surface area contributed by atoms with Crippen LogP contribution in [0.1, 0.15) is 31.4 Å². The SMILES string of the molecule is CC[C@H](C)NC(=O)[C@@H](Cc1ccccc1)N(Cc1cccc(Br)c1)C(=O)CN(c1ccccc1Cl)S(C)(=O)=O. The van der Waals surface area contributed by atoms with Crippen LogP contribution in [0.25, 0.3) is 0 Å². The molecular weight excluding hydrogens is 602 g/mol. The number of benzene rings is 3. The number of carbonyl (C=O) groups is 2. The highest BCUT2D eigenvalue weighted by atomic mass is 79.9. The van der Waals surface area contributed by atoms with Crippen LogP contribution in [0.5, 0.6) is 0 Å². The molecule has 2 atom stereocenters. The summed E-state index contributed by atoms with van der Waals surface area (Å²) in [4.78, 5) is 29.2. The van der Waals surface area contributed by atoms with Crippen LogP contribution in [0, 0.1) is 0 Å². The van der Waals surface area contributed by atoms with Gasteiger partial charge in [0.25, 0.3) is 0 Å². The van der Waals surface area contributed by atoms with Crippen molar-refractivity contribution in [1.82, 2.24) is 10.2 Å². The first-order valence-electron chi connectivity index (χ1n) is 12.6. The van der Waals surface area contributed by atoms with Crippen molar-refractivity contribution in [3.63, 3.8) is 0 Å². The first-order valence-corrected chi connectivity index (χ1v) is 15.6. The highest BCUT2D eigenvalue weighted by Crippen LogP contribution is 2.28. The smallest absolute Gasteiger partial charge is 0.244 e. The van der Waals surface area contributed by atoms with Gasteiger partial charge in [0.1, 0.15) is 12.6 Å². The summed E-state index contributed by atoms with van der Waals surface area (Å²) >= 11 is 9.80. The molecule has 2 amide bonds. The molecule has 10 heteroatoms. The van der Waals surface area contributed by atoms with Crippen molar-refractivity contribution >= 4 is 55.1 Å². The average Bonchev–Trinajstić information content (AvgIpc) is 2.89. The molecule has 0 saturated heterocycles. The number of anilines is 1. The van der Waals surface area contributed by atoms with Gasteiger partial charge in [-0.05, 0) is 48.7 Å². The Kier molecular flexibility index (Phi) is 11.0. The van der Waals surface area contributed by atoms with E-state index in [1.165, 1.54) is 4.90 Å². The fraction of sp³-hybridized carbons (Fsp3) is 0.310. The number of carbonyl (C=O) groups excluding carboxylic acids is 2. The number of para-hydroxylation sites is 1. The zero-order chi connectivity index (χ0) is 28.6. The molecular formula is C29H33BrClN3O4S. The van der Waals surface area contributed by atoms with E-state index in [0.29, 0.717) is 0 Å². The molecule has 0 aromatic heterocycles. The van der Waals surface area contributed by atoms with Gasteiger partial charge in [-0.3, -0.25) is 13.9 Å². The molecule has 0 bridgehead atoms. The minimum absolute atomic E-state index is 0.101. The van der Waals surface area contributed by atoms with Crippen LogP contribution in [0.3, 0.4) is 0 Å². The van der Waals surface area contributed by atoms with Crippen molar-refractivity contribution in [2.45, 2.75) is 45.3 Å². The third kappa shape index (κ3) is 8.81. The molecule has 0 aliphatic heterocycles. The molecule has 0 unspecified atom stereocenters. The van der Waals surface area contributed by atoms with E-state index in [1.54, 1.807) is 24.3 Å². The minimum atomic E-state index is -3.88. The molecule has 1 N–H and O–H groups in total. The highest BCUT2D eigenvalue weighted by Gasteiger charge is 2.33. The maximum Gasteiger partial charge on any atom is 0.244 e. The van der Waals surface area contributed by atoms with Gasteiger partial charge in [-0.1, -0.05) is 89.1 Å². The van der Waals surface area contributed by atoms with Crippen molar-refractivity contribution < 1.29 is 18.0 Å². The molecule has 3 aromatic carbocycles. The summed E-state index contributed by atoms with van der Waals surface area (Å²) in [6.45, 7) is 3.46. The fourth-order valence-electron chi connectivity index (χ4n) is 4.08. The lowest BCUT2D eigenvalue weighted by atomic mass is 10.0. The summed E-state index contributed by atoms with van der Waals surface area (Å²) in [5, 5.41) is 3.21. The van der Waals surface area contributed by atoms with Gasteiger partial charge in [0.15, 0.2) is 0 Å². The predicted molar refractivity (Wildman–Crippen MR) is 160 cm³/mol. The number of halogens is 2. The summed E-state index contributed by atoms with van der Waals surface area (Å²) in [5.74, 6) is -0.833. The van der Waals surface area contributed by atoms with Gasteiger partial charge in [0.05, 0.1) is 17.0 Å². The lowest BCUT2D eigenvalue weighted by Gasteiger charge is -2.34. The van der Waals surface area contributed by atoms with Crippen LogP contribution in [0.4, 0.5) is 5.69 Å². The molecule has 3 aromatic rings. The van der Waals surface area contributed by atoms with Crippen LogP contribution in [0.15, 0.2) is 83.3 Å². The maximum absolute atomic E-state index is 14.1. The Morgan fingerprint density at radius 3 is 2.23 bits per heavy atom. The predicted octanol–water partition coefficient (Wildman–Crippen LogP) is 5.42. The topological polar surface area (TPSA) is 86.8 Å². The summed E-state index contributed by atoms with van der Waals surface area (Å²) in [6.07, 6.45) is 2.00. The molecule has 0 fully saturated rings. The largest absolute Gasteiger partial charge is 0.352 e. The molecule has 0 radical (unpaired) electrons. The standard InChI is InChI=1S/C29H33BrClN3O4S/c1-4-21(2)32-29(36)27(18-22-11-6-5-7-12-22)33(19-23-13-10-14-24(30)17-23)28(35)20-34(39(3,37)38)26-16-9-8-15-25(26)31/h5-17,21,27H,4,18-20H2,1-3H3,(H,32,36)/t21-,27+/m0/s1. The summed E-state index contributed by atoms with van der Waals surface area (Å²) in [6, 6.07) is 22.3. The van der Waals surface area contributed by atoms with Gasteiger partial charge in [0, 0.05) is 23.5 Å². The fourth-order valence-corrected chi connectivity index (χ4v) is 5.67. The highest BCUT2D eigenvalue weighted by molar-refractivity contribution is 9.10. The maximum atomic E-state index is 14.1. The second kappa shape index (κ2) is 14.0. The van der Waals surface area contributed by atoms with E-state index in [2.05, 4.69) is 21.2 Å². The zero-order valence-corrected chi connectivity index (χ0v) is 25.3. The Labute approximate surface area is 244 Å². The van der Waals surface area contributed by atoms with Crippen molar-refractivity contribution in [2.75, 3.05) is 17.1 Å². The monoisotopic (exact) mass is 633 g/mol. The molecule has 39 heavy (non-hydrogen) atoms. The molecule has 208 valence electrons. The third-order valence-electron chi connectivity index (χ3n) is 6.31. The molecule has 3 rings (SSSR count). The minimum Gasteiger partial charge on any atom is -0.352 e. The molecule has 7 nitrogen and oxygen atoms in total. The van der Waals surface area contributed by atoms with Crippen molar-refractivity contribution in [3.05, 3.63) is 99.5 Å². The Balaban J connectivity index is 2.07. The van der Waals surface area contributed by atoms with Crippen LogP contribution in [0.2, 0.25) is 5.02 Å². The van der Waals surface area contributed by atoms with Crippen LogP contribution >= 0.6 is 27.5 Å². The van der Waals surface area contributed by atoms with Gasteiger partial charge in [-0.15, -0.1) is 0 Å². The summed E-state index contributed by atoms with van der Waals surface area (Å²) in [7, 11) is -3.88. The van der Waals surface area contributed by atoms with Gasteiger partial charge < -0.3 is 10.2 Å². The number of sulfonamides is 1. The first kappa shape index (κ1) is 30.7. The van der Waals surface area contributed by atoms with E-state index < -0.39 is 28.5 Å². The Hall–Kier alpha value is -2.88. The number of hydrogen-bond donors (Lipinski definition) is 1. The van der Waals surface area contributed by atoms with Crippen molar-refractivity contribution in [2.24, 2.45) is 0 Å². The van der Waals surface area contributed by atoms with E-state index >= 15 is 0 Å².